The molecule has 0 saturated heterocycles. The van der Waals surface area contributed by atoms with Crippen molar-refractivity contribution in [3.63, 3.8) is 0 Å². The molecule has 0 aromatic rings. The first-order valence-corrected chi connectivity index (χ1v) is 17.6. The molecule has 0 bridgehead atoms. The van der Waals surface area contributed by atoms with E-state index in [0.717, 1.165) is 6.08 Å². The Morgan fingerprint density at radius 3 is 1.83 bits per heavy atom. The topological polar surface area (TPSA) is 230 Å². The van der Waals surface area contributed by atoms with Crippen LogP contribution in [0.4, 0.5) is 18.8 Å². The van der Waals surface area contributed by atoms with E-state index in [4.69, 9.17) is 27.8 Å². The van der Waals surface area contributed by atoms with Gasteiger partial charge in [0.25, 0.3) is 5.91 Å². The molecule has 53 heavy (non-hydrogen) atoms. The number of alkyl halides is 1. The molecule has 1 N–H and O–H groups in total. The van der Waals surface area contributed by atoms with Gasteiger partial charge in [0.05, 0.1) is 33.1 Å². The largest absolute Gasteiger partial charge is 0.510 e. The van der Waals surface area contributed by atoms with Crippen molar-refractivity contribution >= 4 is 44.5 Å². The maximum Gasteiger partial charge on any atom is 0.510 e. The number of amides is 3. The molecule has 0 radical (unpaired) electrons. The number of ether oxygens (including phenoxy) is 7. The van der Waals surface area contributed by atoms with Crippen LogP contribution in [0.2, 0.25) is 0 Å². The van der Waals surface area contributed by atoms with E-state index in [1.54, 1.807) is 67.3 Å². The molecule has 308 valence electrons. The van der Waals surface area contributed by atoms with E-state index in [1.807, 2.05) is 0 Å². The normalized spacial score (nSPS) is 13.0. The molecule has 22 heteroatoms. The van der Waals surface area contributed by atoms with E-state index in [9.17, 15) is 37.7 Å². The summed E-state index contributed by atoms with van der Waals surface area (Å²) in [5.74, 6) is -2.09. The number of esters is 1. The Morgan fingerprint density at radius 2 is 1.40 bits per heavy atom. The summed E-state index contributed by atoms with van der Waals surface area (Å²) in [6.45, 7) is 10.3. The molecule has 0 aromatic carbocycles. The molecular formula is C31H55FN3O17P. The average molecular weight is 792 g/mol. The first kappa shape index (κ1) is 51.1. The third kappa shape index (κ3) is 24.0. The monoisotopic (exact) mass is 791 g/mol. The number of methoxy groups -OCH3 is 1. The molecule has 0 rings (SSSR count). The molecule has 0 saturated carbocycles. The number of imide groups is 1. The van der Waals surface area contributed by atoms with Crippen LogP contribution in [-0.2, 0) is 65.7 Å². The lowest BCUT2D eigenvalue weighted by Crippen LogP contribution is -2.48. The van der Waals surface area contributed by atoms with Crippen LogP contribution in [0.15, 0.2) is 12.3 Å². The van der Waals surface area contributed by atoms with E-state index < -0.39 is 82.1 Å². The van der Waals surface area contributed by atoms with Crippen LogP contribution in [0.3, 0.4) is 0 Å². The minimum atomic E-state index is -4.50. The SMILES string of the molecule is CCOC(=O)OCOP(=O)(OCOC(=O)OCC)OCC(CC(C)N(C)/C=C\C(=O)N(C=O)COC(=O)C(NC(=O)OC(C)(C)C)C(C)C)OC.CF. The lowest BCUT2D eigenvalue weighted by molar-refractivity contribution is -0.156. The summed E-state index contributed by atoms with van der Waals surface area (Å²) in [5.41, 5.74) is -0.800. The molecule has 0 spiro atoms. The highest BCUT2D eigenvalue weighted by molar-refractivity contribution is 7.48. The number of hydrogen-bond acceptors (Lipinski definition) is 18. The van der Waals surface area contributed by atoms with E-state index in [1.165, 1.54) is 13.3 Å². The maximum absolute atomic E-state index is 13.1. The Kier molecular flexibility index (Phi) is 26.5. The first-order valence-electron chi connectivity index (χ1n) is 16.2. The van der Waals surface area contributed by atoms with Gasteiger partial charge in [-0.2, -0.15) is 0 Å². The molecule has 0 aliphatic carbocycles. The highest BCUT2D eigenvalue weighted by Gasteiger charge is 2.32. The van der Waals surface area contributed by atoms with Crippen molar-refractivity contribution in [2.75, 3.05) is 61.5 Å². The second kappa shape index (κ2) is 27.5. The molecule has 0 aliphatic rings. The van der Waals surface area contributed by atoms with Gasteiger partial charge in [-0.25, -0.2) is 37.7 Å². The third-order valence-corrected chi connectivity index (χ3v) is 7.46. The molecule has 0 aromatic heterocycles. The van der Waals surface area contributed by atoms with Crippen LogP contribution in [0, 0.1) is 5.92 Å². The van der Waals surface area contributed by atoms with Gasteiger partial charge in [-0.05, 0) is 53.9 Å². The summed E-state index contributed by atoms with van der Waals surface area (Å²) in [5, 5.41) is 2.43. The average Bonchev–Trinajstić information content (AvgIpc) is 3.08. The lowest BCUT2D eigenvalue weighted by Gasteiger charge is -2.27. The van der Waals surface area contributed by atoms with Gasteiger partial charge in [-0.1, -0.05) is 13.8 Å². The smallest absolute Gasteiger partial charge is 0.444 e. The van der Waals surface area contributed by atoms with Crippen LogP contribution < -0.4 is 5.32 Å². The van der Waals surface area contributed by atoms with Crippen molar-refractivity contribution in [2.24, 2.45) is 5.92 Å². The number of nitrogens with zero attached hydrogens (tertiary/aromatic N) is 2. The molecule has 20 nitrogen and oxygen atoms in total. The van der Waals surface area contributed by atoms with Gasteiger partial charge >= 0.3 is 32.2 Å². The number of nitrogens with one attached hydrogen (secondary N) is 1. The highest BCUT2D eigenvalue weighted by atomic mass is 31.2. The van der Waals surface area contributed by atoms with Gasteiger partial charge in [-0.3, -0.25) is 18.5 Å². The molecular weight excluding hydrogens is 736 g/mol. The molecule has 3 unspecified atom stereocenters. The highest BCUT2D eigenvalue weighted by Crippen LogP contribution is 2.49. The lowest BCUT2D eigenvalue weighted by atomic mass is 10.1. The Labute approximate surface area is 309 Å². The third-order valence-electron chi connectivity index (χ3n) is 6.15. The minimum Gasteiger partial charge on any atom is -0.444 e. The zero-order valence-electron chi connectivity index (χ0n) is 32.2. The second-order valence-corrected chi connectivity index (χ2v) is 13.4. The van der Waals surface area contributed by atoms with Crippen LogP contribution in [0.5, 0.6) is 0 Å². The van der Waals surface area contributed by atoms with Crippen molar-refractivity contribution in [1.29, 1.82) is 0 Å². The summed E-state index contributed by atoms with van der Waals surface area (Å²) < 4.78 is 72.1. The molecule has 0 heterocycles. The number of rotatable bonds is 23. The number of alkyl carbamates (subject to hydrolysis) is 1. The van der Waals surface area contributed by atoms with Gasteiger partial charge in [-0.15, -0.1) is 0 Å². The summed E-state index contributed by atoms with van der Waals surface area (Å²) in [6, 6.07) is -1.46. The van der Waals surface area contributed by atoms with Crippen LogP contribution in [-0.4, -0.2) is 132 Å². The van der Waals surface area contributed by atoms with E-state index in [2.05, 4.69) is 24.3 Å². The zero-order valence-corrected chi connectivity index (χ0v) is 33.0. The number of halogens is 1. The Morgan fingerprint density at radius 1 is 0.868 bits per heavy atom. The fourth-order valence-electron chi connectivity index (χ4n) is 3.39. The molecule has 0 aliphatic heterocycles. The van der Waals surface area contributed by atoms with Gasteiger partial charge in [0.1, 0.15) is 11.6 Å². The Bertz CT molecular complexity index is 1170. The van der Waals surface area contributed by atoms with Crippen molar-refractivity contribution in [2.45, 2.75) is 85.6 Å². The zero-order chi connectivity index (χ0) is 41.2. The summed E-state index contributed by atoms with van der Waals surface area (Å²) >= 11 is 0. The van der Waals surface area contributed by atoms with Crippen molar-refractivity contribution in [1.82, 2.24) is 15.1 Å². The Hall–Kier alpha value is -4.04. The minimum absolute atomic E-state index is 0.0165. The van der Waals surface area contributed by atoms with Crippen LogP contribution >= 0.6 is 7.82 Å². The first-order chi connectivity index (χ1) is 24.8. The van der Waals surface area contributed by atoms with Crippen LogP contribution in [0.1, 0.15) is 61.8 Å². The maximum atomic E-state index is 13.1. The fourth-order valence-corrected chi connectivity index (χ4v) is 4.32. The van der Waals surface area contributed by atoms with E-state index in [0.29, 0.717) is 12.1 Å². The summed E-state index contributed by atoms with van der Waals surface area (Å²) in [4.78, 5) is 74.2. The van der Waals surface area contributed by atoms with Gasteiger partial charge < -0.3 is 43.4 Å². The quantitative estimate of drug-likeness (QED) is 0.0380. The fraction of sp³-hybridized carbons (Fsp3) is 0.742. The predicted octanol–water partition coefficient (Wildman–Crippen LogP) is 4.27. The number of hydrogen-bond donors (Lipinski definition) is 1. The number of phosphoric ester groups is 1. The predicted molar refractivity (Wildman–Crippen MR) is 182 cm³/mol. The Balaban J connectivity index is 0. The molecule has 3 amide bonds. The van der Waals surface area contributed by atoms with E-state index in [-0.39, 0.29) is 38.7 Å². The number of phosphoric acid groups is 1. The number of carbonyl (C=O) groups is 6. The summed E-state index contributed by atoms with van der Waals surface area (Å²) in [6.07, 6.45) is -0.927. The molecule has 0 fully saturated rings. The number of carbonyl (C=O) groups excluding carboxylic acids is 6. The van der Waals surface area contributed by atoms with Gasteiger partial charge in [0, 0.05) is 32.5 Å². The van der Waals surface area contributed by atoms with Gasteiger partial charge in [0.15, 0.2) is 6.73 Å². The molecule has 3 atom stereocenters. The van der Waals surface area contributed by atoms with Gasteiger partial charge in [0.2, 0.25) is 20.0 Å². The van der Waals surface area contributed by atoms with Crippen molar-refractivity contribution in [3.05, 3.63) is 12.3 Å². The van der Waals surface area contributed by atoms with Crippen molar-refractivity contribution in [3.8, 4) is 0 Å². The summed E-state index contributed by atoms with van der Waals surface area (Å²) in [7, 11) is -1.02. The van der Waals surface area contributed by atoms with Crippen LogP contribution in [0.25, 0.3) is 0 Å². The van der Waals surface area contributed by atoms with E-state index >= 15 is 0 Å². The standard InChI is InChI=1S/C30H52N3O17P.CH3F/c1-11-42-28(38)45-19-48-51(40,49-20-46-29(39)43-12-2)47-16-23(41-10)15-22(5)32(9)14-13-24(35)33(17-34)18-44-26(36)25(21(3)4)31-27(37)50-30(6,7)8;1-2/h13-14,17,21-23,25H,11-12,15-16,18-20H2,1-10H3,(H,31,37);1H3/b14-13-;. The van der Waals surface area contributed by atoms with Crippen molar-refractivity contribution < 1.29 is 84.5 Å². The second-order valence-electron chi connectivity index (χ2n) is 11.7.